The molecule has 0 bridgehead atoms. The Kier molecular flexibility index (Phi) is 3.25. The fourth-order valence-electron chi connectivity index (χ4n) is 2.01. The first kappa shape index (κ1) is 12.2. The Balaban J connectivity index is 1.95. The predicted octanol–water partition coefficient (Wildman–Crippen LogP) is 3.88. The standard InChI is InChI=1S/C15H11BrO3/c16-11-7-5-10(6-8-11)14-9-15(17)19-13-4-2-1-3-12(13)18-14/h1-8,14H,9H2. The Bertz CT molecular complexity index is 607. The number of benzene rings is 2. The topological polar surface area (TPSA) is 35.5 Å². The summed E-state index contributed by atoms with van der Waals surface area (Å²) in [5.74, 6) is 0.797. The van der Waals surface area contributed by atoms with Crippen molar-refractivity contribution in [2.24, 2.45) is 0 Å². The lowest BCUT2D eigenvalue weighted by Crippen LogP contribution is -2.13. The van der Waals surface area contributed by atoms with Crippen molar-refractivity contribution in [3.63, 3.8) is 0 Å². The molecule has 4 heteroatoms. The molecule has 0 saturated heterocycles. The minimum absolute atomic E-state index is 0.205. The van der Waals surface area contributed by atoms with Crippen molar-refractivity contribution in [1.82, 2.24) is 0 Å². The molecule has 0 N–H and O–H groups in total. The normalized spacial score (nSPS) is 17.9. The summed E-state index contributed by atoms with van der Waals surface area (Å²) < 4.78 is 12.1. The van der Waals surface area contributed by atoms with Crippen molar-refractivity contribution in [3.8, 4) is 11.5 Å². The van der Waals surface area contributed by atoms with Crippen LogP contribution in [0.15, 0.2) is 53.0 Å². The predicted molar refractivity (Wildman–Crippen MR) is 74.2 cm³/mol. The Hall–Kier alpha value is -1.81. The largest absolute Gasteiger partial charge is 0.481 e. The van der Waals surface area contributed by atoms with E-state index in [2.05, 4.69) is 15.9 Å². The summed E-state index contributed by atoms with van der Waals surface area (Å²) in [6, 6.07) is 15.0. The van der Waals surface area contributed by atoms with Crippen LogP contribution in [0.25, 0.3) is 0 Å². The molecular weight excluding hydrogens is 308 g/mol. The lowest BCUT2D eigenvalue weighted by Gasteiger charge is -2.15. The molecule has 0 spiro atoms. The second-order valence-corrected chi connectivity index (χ2v) is 5.20. The molecule has 1 heterocycles. The molecule has 1 aliphatic rings. The van der Waals surface area contributed by atoms with E-state index in [-0.39, 0.29) is 18.5 Å². The number of carbonyl (C=O) groups is 1. The van der Waals surface area contributed by atoms with Gasteiger partial charge in [-0.1, -0.05) is 40.2 Å². The smallest absolute Gasteiger partial charge is 0.315 e. The van der Waals surface area contributed by atoms with E-state index < -0.39 is 0 Å². The van der Waals surface area contributed by atoms with Gasteiger partial charge in [-0.2, -0.15) is 0 Å². The lowest BCUT2D eigenvalue weighted by atomic mass is 10.1. The Morgan fingerprint density at radius 1 is 1.00 bits per heavy atom. The SMILES string of the molecule is O=C1CC(c2ccc(Br)cc2)Oc2ccccc2O1. The Labute approximate surface area is 119 Å². The van der Waals surface area contributed by atoms with Crippen LogP contribution in [-0.2, 0) is 4.79 Å². The summed E-state index contributed by atoms with van der Waals surface area (Å²) in [5.41, 5.74) is 0.955. The zero-order valence-electron chi connectivity index (χ0n) is 10.0. The minimum Gasteiger partial charge on any atom is -0.481 e. The summed E-state index contributed by atoms with van der Waals surface area (Å²) >= 11 is 3.39. The van der Waals surface area contributed by atoms with Crippen molar-refractivity contribution in [1.29, 1.82) is 0 Å². The first-order chi connectivity index (χ1) is 9.22. The van der Waals surface area contributed by atoms with Gasteiger partial charge in [0.1, 0.15) is 6.10 Å². The van der Waals surface area contributed by atoms with Crippen LogP contribution in [-0.4, -0.2) is 5.97 Å². The molecule has 1 unspecified atom stereocenters. The number of fused-ring (bicyclic) bond motifs is 1. The first-order valence-electron chi connectivity index (χ1n) is 5.94. The van der Waals surface area contributed by atoms with Crippen LogP contribution in [0.2, 0.25) is 0 Å². The van der Waals surface area contributed by atoms with Gasteiger partial charge in [-0.3, -0.25) is 4.79 Å². The maximum Gasteiger partial charge on any atom is 0.315 e. The number of ether oxygens (including phenoxy) is 2. The average Bonchev–Trinajstić information content (AvgIpc) is 2.57. The van der Waals surface area contributed by atoms with E-state index >= 15 is 0 Å². The molecule has 2 aromatic rings. The van der Waals surface area contributed by atoms with Crippen LogP contribution in [0.4, 0.5) is 0 Å². The van der Waals surface area contributed by atoms with Crippen molar-refractivity contribution >= 4 is 21.9 Å². The molecule has 0 amide bonds. The number of carbonyl (C=O) groups excluding carboxylic acids is 1. The zero-order valence-corrected chi connectivity index (χ0v) is 11.6. The highest BCUT2D eigenvalue weighted by molar-refractivity contribution is 9.10. The average molecular weight is 319 g/mol. The zero-order chi connectivity index (χ0) is 13.2. The van der Waals surface area contributed by atoms with Gasteiger partial charge in [0, 0.05) is 4.47 Å². The lowest BCUT2D eigenvalue weighted by molar-refractivity contribution is -0.135. The number of halogens is 1. The van der Waals surface area contributed by atoms with Crippen LogP contribution >= 0.6 is 15.9 Å². The minimum atomic E-state index is -0.316. The van der Waals surface area contributed by atoms with Gasteiger partial charge >= 0.3 is 5.97 Å². The maximum atomic E-state index is 11.8. The highest BCUT2D eigenvalue weighted by atomic mass is 79.9. The second kappa shape index (κ2) is 5.05. The summed E-state index contributed by atoms with van der Waals surface area (Å²) in [7, 11) is 0. The molecule has 0 aromatic heterocycles. The second-order valence-electron chi connectivity index (χ2n) is 4.28. The summed E-state index contributed by atoms with van der Waals surface area (Å²) in [4.78, 5) is 11.8. The van der Waals surface area contributed by atoms with E-state index in [0.717, 1.165) is 10.0 Å². The van der Waals surface area contributed by atoms with Gasteiger partial charge in [-0.15, -0.1) is 0 Å². The quantitative estimate of drug-likeness (QED) is 0.591. The van der Waals surface area contributed by atoms with Gasteiger partial charge < -0.3 is 9.47 Å². The number of hydrogen-bond acceptors (Lipinski definition) is 3. The Morgan fingerprint density at radius 2 is 1.68 bits per heavy atom. The molecule has 3 nitrogen and oxygen atoms in total. The van der Waals surface area contributed by atoms with E-state index in [1.165, 1.54) is 0 Å². The number of para-hydroxylation sites is 2. The van der Waals surface area contributed by atoms with Crippen molar-refractivity contribution in [3.05, 3.63) is 58.6 Å². The third-order valence-electron chi connectivity index (χ3n) is 2.94. The highest BCUT2D eigenvalue weighted by Gasteiger charge is 2.25. The molecule has 2 aromatic carbocycles. The van der Waals surface area contributed by atoms with Gasteiger partial charge in [0.05, 0.1) is 6.42 Å². The van der Waals surface area contributed by atoms with Crippen molar-refractivity contribution in [2.75, 3.05) is 0 Å². The van der Waals surface area contributed by atoms with E-state index in [9.17, 15) is 4.79 Å². The van der Waals surface area contributed by atoms with Crippen LogP contribution in [0, 0.1) is 0 Å². The molecule has 0 radical (unpaired) electrons. The maximum absolute atomic E-state index is 11.8. The van der Waals surface area contributed by atoms with Gasteiger partial charge in [0.25, 0.3) is 0 Å². The number of esters is 1. The van der Waals surface area contributed by atoms with Crippen molar-refractivity contribution in [2.45, 2.75) is 12.5 Å². The van der Waals surface area contributed by atoms with Gasteiger partial charge in [-0.05, 0) is 29.8 Å². The monoisotopic (exact) mass is 318 g/mol. The van der Waals surface area contributed by atoms with Crippen LogP contribution in [0.1, 0.15) is 18.1 Å². The molecule has 0 aliphatic carbocycles. The van der Waals surface area contributed by atoms with Crippen LogP contribution < -0.4 is 9.47 Å². The van der Waals surface area contributed by atoms with E-state index in [4.69, 9.17) is 9.47 Å². The van der Waals surface area contributed by atoms with E-state index in [1.807, 2.05) is 36.4 Å². The molecule has 96 valence electrons. The molecule has 1 aliphatic heterocycles. The first-order valence-corrected chi connectivity index (χ1v) is 6.73. The van der Waals surface area contributed by atoms with Gasteiger partial charge in [0.2, 0.25) is 0 Å². The molecule has 19 heavy (non-hydrogen) atoms. The number of hydrogen-bond donors (Lipinski definition) is 0. The number of rotatable bonds is 1. The summed E-state index contributed by atoms with van der Waals surface area (Å²) in [6.07, 6.45) is -0.111. The Morgan fingerprint density at radius 3 is 2.42 bits per heavy atom. The molecule has 3 rings (SSSR count). The third kappa shape index (κ3) is 2.63. The third-order valence-corrected chi connectivity index (χ3v) is 3.46. The van der Waals surface area contributed by atoms with Crippen molar-refractivity contribution < 1.29 is 14.3 Å². The van der Waals surface area contributed by atoms with E-state index in [0.29, 0.717) is 11.5 Å². The summed E-state index contributed by atoms with van der Waals surface area (Å²) in [6.45, 7) is 0. The molecule has 0 saturated carbocycles. The van der Waals surface area contributed by atoms with Gasteiger partial charge in [-0.25, -0.2) is 0 Å². The highest BCUT2D eigenvalue weighted by Crippen LogP contribution is 2.36. The fraction of sp³-hybridized carbons (Fsp3) is 0.133. The molecule has 0 fully saturated rings. The fourth-order valence-corrected chi connectivity index (χ4v) is 2.27. The molecule has 1 atom stereocenters. The van der Waals surface area contributed by atoms with Crippen LogP contribution in [0.5, 0.6) is 11.5 Å². The van der Waals surface area contributed by atoms with E-state index in [1.54, 1.807) is 12.1 Å². The van der Waals surface area contributed by atoms with Crippen LogP contribution in [0.3, 0.4) is 0 Å². The summed E-state index contributed by atoms with van der Waals surface area (Å²) in [5, 5.41) is 0. The van der Waals surface area contributed by atoms with Gasteiger partial charge in [0.15, 0.2) is 11.5 Å². The molecular formula is C15H11BrO3.